The number of amides is 1. The fourth-order valence-electron chi connectivity index (χ4n) is 2.49. The third kappa shape index (κ3) is 4.44. The fraction of sp³-hybridized carbons (Fsp3) is 0.222. The molecule has 0 bridgehead atoms. The van der Waals surface area contributed by atoms with Gasteiger partial charge in [-0.2, -0.15) is 4.68 Å². The Morgan fingerprint density at radius 1 is 1.19 bits per heavy atom. The van der Waals surface area contributed by atoms with E-state index in [0.29, 0.717) is 5.16 Å². The summed E-state index contributed by atoms with van der Waals surface area (Å²) in [5, 5.41) is 15.4. The zero-order valence-electron chi connectivity index (χ0n) is 14.8. The van der Waals surface area contributed by atoms with E-state index in [0.717, 1.165) is 21.8 Å². The summed E-state index contributed by atoms with van der Waals surface area (Å²) >= 11 is 2.95. The molecule has 0 fully saturated rings. The van der Waals surface area contributed by atoms with E-state index in [4.69, 9.17) is 0 Å². The Balaban J connectivity index is 1.67. The lowest BCUT2D eigenvalue weighted by Crippen LogP contribution is -2.14. The zero-order chi connectivity index (χ0) is 18.5. The van der Waals surface area contributed by atoms with Crippen LogP contribution in [-0.2, 0) is 4.79 Å². The first kappa shape index (κ1) is 18.5. The summed E-state index contributed by atoms with van der Waals surface area (Å²) in [6, 6.07) is 13.8. The van der Waals surface area contributed by atoms with Crippen LogP contribution in [0.1, 0.15) is 11.1 Å². The Morgan fingerprint density at radius 3 is 2.81 bits per heavy atom. The van der Waals surface area contributed by atoms with Crippen molar-refractivity contribution in [2.24, 2.45) is 0 Å². The van der Waals surface area contributed by atoms with Crippen LogP contribution in [0.4, 0.5) is 5.69 Å². The molecular weight excluding hydrogens is 366 g/mol. The predicted molar refractivity (Wildman–Crippen MR) is 106 cm³/mol. The molecule has 1 amide bonds. The topological polar surface area (TPSA) is 72.7 Å². The maximum Gasteiger partial charge on any atom is 0.234 e. The molecule has 0 unspecified atom stereocenters. The average molecular weight is 386 g/mol. The maximum atomic E-state index is 12.3. The van der Waals surface area contributed by atoms with E-state index in [2.05, 4.69) is 26.9 Å². The lowest BCUT2D eigenvalue weighted by Gasteiger charge is -2.09. The lowest BCUT2D eigenvalue weighted by molar-refractivity contribution is -0.113. The van der Waals surface area contributed by atoms with Crippen LogP contribution in [0.3, 0.4) is 0 Å². The second kappa shape index (κ2) is 8.37. The Kier molecular flexibility index (Phi) is 5.95. The summed E-state index contributed by atoms with van der Waals surface area (Å²) in [4.78, 5) is 13.4. The van der Waals surface area contributed by atoms with Gasteiger partial charge in [0.25, 0.3) is 0 Å². The molecule has 1 aromatic heterocycles. The van der Waals surface area contributed by atoms with Crippen molar-refractivity contribution in [2.75, 3.05) is 17.3 Å². The molecule has 3 aromatic rings. The third-order valence-corrected chi connectivity index (χ3v) is 5.35. The van der Waals surface area contributed by atoms with Gasteiger partial charge in [-0.25, -0.2) is 0 Å². The Hall–Kier alpha value is -2.32. The minimum Gasteiger partial charge on any atom is -0.325 e. The van der Waals surface area contributed by atoms with Crippen molar-refractivity contribution in [3.8, 4) is 5.69 Å². The minimum absolute atomic E-state index is 0.0940. The molecule has 2 aromatic carbocycles. The molecule has 0 spiro atoms. The number of tetrazole rings is 1. The Bertz CT molecular complexity index is 925. The van der Waals surface area contributed by atoms with E-state index in [-0.39, 0.29) is 11.7 Å². The number of aromatic nitrogens is 4. The number of carbonyl (C=O) groups excluding carboxylic acids is 1. The number of hydrogen-bond donors (Lipinski definition) is 1. The van der Waals surface area contributed by atoms with Gasteiger partial charge in [-0.05, 0) is 60.4 Å². The van der Waals surface area contributed by atoms with Crippen molar-refractivity contribution in [1.29, 1.82) is 0 Å². The van der Waals surface area contributed by atoms with Crippen LogP contribution in [0.2, 0.25) is 0 Å². The molecule has 26 heavy (non-hydrogen) atoms. The van der Waals surface area contributed by atoms with E-state index < -0.39 is 0 Å². The van der Waals surface area contributed by atoms with Gasteiger partial charge >= 0.3 is 0 Å². The number of benzene rings is 2. The van der Waals surface area contributed by atoms with Crippen molar-refractivity contribution in [3.05, 3.63) is 53.6 Å². The molecule has 0 radical (unpaired) electrons. The van der Waals surface area contributed by atoms with Gasteiger partial charge < -0.3 is 5.32 Å². The van der Waals surface area contributed by atoms with Crippen LogP contribution in [0.15, 0.2) is 52.5 Å². The van der Waals surface area contributed by atoms with Gasteiger partial charge in [0.15, 0.2) is 0 Å². The number of thioether (sulfide) groups is 2. The molecule has 0 aliphatic carbocycles. The molecule has 134 valence electrons. The molecule has 0 saturated carbocycles. The smallest absolute Gasteiger partial charge is 0.234 e. The normalized spacial score (nSPS) is 10.7. The average Bonchev–Trinajstić information content (AvgIpc) is 3.08. The van der Waals surface area contributed by atoms with Crippen molar-refractivity contribution in [1.82, 2.24) is 20.2 Å². The number of nitrogens with zero attached hydrogens (tertiary/aromatic N) is 4. The third-order valence-electron chi connectivity index (χ3n) is 3.71. The van der Waals surface area contributed by atoms with Crippen molar-refractivity contribution in [2.45, 2.75) is 23.9 Å². The molecular formula is C18H19N5OS2. The number of aryl methyl sites for hydroxylation is 2. The molecule has 3 rings (SSSR count). The zero-order valence-corrected chi connectivity index (χ0v) is 16.4. The van der Waals surface area contributed by atoms with Crippen LogP contribution < -0.4 is 5.32 Å². The molecule has 8 heteroatoms. The van der Waals surface area contributed by atoms with Gasteiger partial charge in [0.1, 0.15) is 0 Å². The van der Waals surface area contributed by atoms with E-state index in [1.165, 1.54) is 17.3 Å². The highest BCUT2D eigenvalue weighted by molar-refractivity contribution is 7.99. The SMILES string of the molecule is CSc1cccc(NC(=O)CSc2nnnn2-c2ccc(C)cc2C)c1. The van der Waals surface area contributed by atoms with Crippen LogP contribution in [0.5, 0.6) is 0 Å². The predicted octanol–water partition coefficient (Wildman–Crippen LogP) is 3.73. The van der Waals surface area contributed by atoms with Gasteiger partial charge in [-0.15, -0.1) is 16.9 Å². The van der Waals surface area contributed by atoms with Gasteiger partial charge in [0.05, 0.1) is 11.4 Å². The first-order chi connectivity index (χ1) is 12.6. The quantitative estimate of drug-likeness (QED) is 0.652. The highest BCUT2D eigenvalue weighted by atomic mass is 32.2. The second-order valence-electron chi connectivity index (χ2n) is 5.73. The number of carbonyl (C=O) groups is 1. The summed E-state index contributed by atoms with van der Waals surface area (Å²) in [6.07, 6.45) is 2.00. The summed E-state index contributed by atoms with van der Waals surface area (Å²) in [5.74, 6) is 0.137. The highest BCUT2D eigenvalue weighted by Crippen LogP contribution is 2.22. The first-order valence-corrected chi connectivity index (χ1v) is 10.2. The number of hydrogen-bond acceptors (Lipinski definition) is 6. The second-order valence-corrected chi connectivity index (χ2v) is 7.55. The van der Waals surface area contributed by atoms with Gasteiger partial charge in [-0.1, -0.05) is 35.5 Å². The maximum absolute atomic E-state index is 12.3. The summed E-state index contributed by atoms with van der Waals surface area (Å²) in [5.41, 5.74) is 3.96. The van der Waals surface area contributed by atoms with Crippen LogP contribution in [0.25, 0.3) is 5.69 Å². The lowest BCUT2D eigenvalue weighted by atomic mass is 10.1. The Labute approximate surface area is 160 Å². The van der Waals surface area contributed by atoms with E-state index in [1.54, 1.807) is 16.4 Å². The van der Waals surface area contributed by atoms with Crippen LogP contribution in [0, 0.1) is 13.8 Å². The molecule has 0 saturated heterocycles. The number of anilines is 1. The number of rotatable bonds is 6. The molecule has 6 nitrogen and oxygen atoms in total. The largest absolute Gasteiger partial charge is 0.325 e. The number of nitrogens with one attached hydrogen (secondary N) is 1. The molecule has 1 heterocycles. The monoisotopic (exact) mass is 385 g/mol. The van der Waals surface area contributed by atoms with Gasteiger partial charge in [-0.3, -0.25) is 4.79 Å². The van der Waals surface area contributed by atoms with Crippen molar-refractivity contribution < 1.29 is 4.79 Å². The Morgan fingerprint density at radius 2 is 2.04 bits per heavy atom. The minimum atomic E-state index is -0.0940. The fourth-order valence-corrected chi connectivity index (χ4v) is 3.63. The van der Waals surface area contributed by atoms with Gasteiger partial charge in [0.2, 0.25) is 11.1 Å². The van der Waals surface area contributed by atoms with E-state index in [9.17, 15) is 4.79 Å². The summed E-state index contributed by atoms with van der Waals surface area (Å²) < 4.78 is 1.67. The molecule has 0 aliphatic heterocycles. The van der Waals surface area contributed by atoms with Crippen molar-refractivity contribution in [3.63, 3.8) is 0 Å². The molecule has 0 atom stereocenters. The summed E-state index contributed by atoms with van der Waals surface area (Å²) in [6.45, 7) is 4.06. The van der Waals surface area contributed by atoms with E-state index in [1.807, 2.05) is 56.5 Å². The standard InChI is InChI=1S/C18H19N5OS2/c1-12-7-8-16(13(2)9-12)23-18(20-21-22-23)26-11-17(24)19-14-5-4-6-15(10-14)25-3/h4-10H,11H2,1-3H3,(H,19,24). The first-order valence-electron chi connectivity index (χ1n) is 7.99. The summed E-state index contributed by atoms with van der Waals surface area (Å²) in [7, 11) is 0. The highest BCUT2D eigenvalue weighted by Gasteiger charge is 2.13. The van der Waals surface area contributed by atoms with Crippen molar-refractivity contribution >= 4 is 35.1 Å². The van der Waals surface area contributed by atoms with Gasteiger partial charge in [0, 0.05) is 10.6 Å². The van der Waals surface area contributed by atoms with Crippen LogP contribution in [-0.4, -0.2) is 38.1 Å². The molecule has 0 aliphatic rings. The molecule has 1 N–H and O–H groups in total. The van der Waals surface area contributed by atoms with E-state index >= 15 is 0 Å². The van der Waals surface area contributed by atoms with Crippen LogP contribution >= 0.6 is 23.5 Å².